The quantitative estimate of drug-likeness (QED) is 0.621. The Hall–Kier alpha value is -0.600. The number of aliphatic hydroxyl groups is 2. The van der Waals surface area contributed by atoms with Crippen LogP contribution in [0.25, 0.3) is 0 Å². The molecule has 2 N–H and O–H groups in total. The molecule has 0 spiro atoms. The molecule has 92 valence electrons. The molecule has 0 saturated heterocycles. The summed E-state index contributed by atoms with van der Waals surface area (Å²) in [6, 6.07) is 0. The van der Waals surface area contributed by atoms with E-state index in [2.05, 4.69) is 41.5 Å². The Balaban J connectivity index is 3.13. The first-order valence-corrected chi connectivity index (χ1v) is 5.84. The molecule has 0 fully saturated rings. The minimum Gasteiger partial charge on any atom is -0.385 e. The number of rotatable bonds is 0. The van der Waals surface area contributed by atoms with E-state index < -0.39 is 12.2 Å². The normalized spacial score (nSPS) is 27.5. The van der Waals surface area contributed by atoms with Gasteiger partial charge in [0.15, 0.2) is 0 Å². The van der Waals surface area contributed by atoms with Gasteiger partial charge in [0.2, 0.25) is 0 Å². The minimum atomic E-state index is -0.577. The van der Waals surface area contributed by atoms with Gasteiger partial charge in [-0.05, 0) is 34.1 Å². The lowest BCUT2D eigenvalue weighted by atomic mass is 9.71. The lowest BCUT2D eigenvalue weighted by Crippen LogP contribution is -2.34. The van der Waals surface area contributed by atoms with Gasteiger partial charge in [-0.15, -0.1) is 0 Å². The molecule has 1 aliphatic rings. The SMILES string of the molecule is CC(C)(C)C1=CC(O)C=C(C(C)(C)C)C1O. The van der Waals surface area contributed by atoms with Crippen molar-refractivity contribution in [2.75, 3.05) is 0 Å². The van der Waals surface area contributed by atoms with E-state index in [0.717, 1.165) is 11.1 Å². The topological polar surface area (TPSA) is 40.5 Å². The van der Waals surface area contributed by atoms with Crippen LogP contribution in [0.5, 0.6) is 0 Å². The smallest absolute Gasteiger partial charge is 0.0973 e. The standard InChI is InChI=1S/C14H24O2/c1-13(2,3)10-7-9(15)8-11(12(10)16)14(4,5)6/h7-9,12,15-16H,1-6H3. The Morgan fingerprint density at radius 3 is 1.38 bits per heavy atom. The van der Waals surface area contributed by atoms with Gasteiger partial charge in [0, 0.05) is 0 Å². The lowest BCUT2D eigenvalue weighted by molar-refractivity contribution is 0.173. The van der Waals surface area contributed by atoms with Crippen molar-refractivity contribution in [1.29, 1.82) is 0 Å². The molecule has 0 amide bonds. The summed E-state index contributed by atoms with van der Waals surface area (Å²) in [5, 5.41) is 20.2. The summed E-state index contributed by atoms with van der Waals surface area (Å²) in [6.45, 7) is 12.3. The van der Waals surface area contributed by atoms with Gasteiger partial charge in [-0.3, -0.25) is 0 Å². The maximum Gasteiger partial charge on any atom is 0.0973 e. The van der Waals surface area contributed by atoms with Crippen LogP contribution in [0.2, 0.25) is 0 Å². The summed E-state index contributed by atoms with van der Waals surface area (Å²) in [6.07, 6.45) is 2.38. The predicted molar refractivity (Wildman–Crippen MR) is 67.1 cm³/mol. The molecule has 2 nitrogen and oxygen atoms in total. The maximum absolute atomic E-state index is 10.4. The van der Waals surface area contributed by atoms with Crippen LogP contribution in [-0.4, -0.2) is 22.4 Å². The summed E-state index contributed by atoms with van der Waals surface area (Å²) < 4.78 is 0. The fourth-order valence-corrected chi connectivity index (χ4v) is 2.09. The predicted octanol–water partition coefficient (Wildman–Crippen LogP) is 2.67. The fourth-order valence-electron chi connectivity index (χ4n) is 2.09. The van der Waals surface area contributed by atoms with Crippen molar-refractivity contribution in [3.63, 3.8) is 0 Å². The van der Waals surface area contributed by atoms with Crippen LogP contribution in [0.1, 0.15) is 41.5 Å². The van der Waals surface area contributed by atoms with Gasteiger partial charge >= 0.3 is 0 Å². The van der Waals surface area contributed by atoms with Crippen LogP contribution in [0.3, 0.4) is 0 Å². The zero-order valence-electron chi connectivity index (χ0n) is 11.2. The second-order valence-corrected chi connectivity index (χ2v) is 6.64. The van der Waals surface area contributed by atoms with Crippen molar-refractivity contribution in [2.45, 2.75) is 53.8 Å². The van der Waals surface area contributed by atoms with Crippen LogP contribution >= 0.6 is 0 Å². The molecule has 0 saturated carbocycles. The van der Waals surface area contributed by atoms with Gasteiger partial charge in [-0.1, -0.05) is 41.5 Å². The molecule has 0 aromatic heterocycles. The Labute approximate surface area is 98.7 Å². The number of hydrogen-bond donors (Lipinski definition) is 2. The summed E-state index contributed by atoms with van der Waals surface area (Å²) in [4.78, 5) is 0. The molecule has 0 atom stereocenters. The van der Waals surface area contributed by atoms with Crippen LogP contribution in [0.4, 0.5) is 0 Å². The summed E-state index contributed by atoms with van der Waals surface area (Å²) in [5.74, 6) is 0. The summed E-state index contributed by atoms with van der Waals surface area (Å²) in [5.41, 5.74) is 1.58. The molecule has 0 aromatic carbocycles. The third-order valence-electron chi connectivity index (χ3n) is 3.02. The van der Waals surface area contributed by atoms with Gasteiger partial charge in [0.25, 0.3) is 0 Å². The second-order valence-electron chi connectivity index (χ2n) is 6.64. The molecule has 0 radical (unpaired) electrons. The van der Waals surface area contributed by atoms with Crippen molar-refractivity contribution in [1.82, 2.24) is 0 Å². The van der Waals surface area contributed by atoms with Gasteiger partial charge < -0.3 is 10.2 Å². The molecule has 0 unspecified atom stereocenters. The maximum atomic E-state index is 10.4. The van der Waals surface area contributed by atoms with E-state index >= 15 is 0 Å². The molecule has 1 aliphatic carbocycles. The van der Waals surface area contributed by atoms with Crippen LogP contribution in [-0.2, 0) is 0 Å². The van der Waals surface area contributed by atoms with E-state index in [0.29, 0.717) is 0 Å². The molecule has 1 rings (SSSR count). The van der Waals surface area contributed by atoms with E-state index in [9.17, 15) is 10.2 Å². The van der Waals surface area contributed by atoms with Crippen LogP contribution in [0.15, 0.2) is 23.3 Å². The van der Waals surface area contributed by atoms with Crippen molar-refractivity contribution in [3.05, 3.63) is 23.3 Å². The Morgan fingerprint density at radius 2 is 1.12 bits per heavy atom. The first-order valence-electron chi connectivity index (χ1n) is 5.84. The van der Waals surface area contributed by atoms with E-state index in [1.807, 2.05) is 0 Å². The average Bonchev–Trinajstić information content (AvgIpc) is 2.04. The highest BCUT2D eigenvalue weighted by Gasteiger charge is 2.34. The highest BCUT2D eigenvalue weighted by molar-refractivity contribution is 5.37. The molecular formula is C14H24O2. The molecule has 2 heteroatoms. The number of hydrogen-bond acceptors (Lipinski definition) is 2. The first kappa shape index (κ1) is 13.5. The van der Waals surface area contributed by atoms with Gasteiger partial charge in [0.05, 0.1) is 12.2 Å². The zero-order chi connectivity index (χ0) is 12.7. The van der Waals surface area contributed by atoms with Crippen LogP contribution in [0, 0.1) is 10.8 Å². The molecule has 16 heavy (non-hydrogen) atoms. The number of aliphatic hydroxyl groups excluding tert-OH is 2. The highest BCUT2D eigenvalue weighted by Crippen LogP contribution is 2.40. The molecular weight excluding hydrogens is 200 g/mol. The lowest BCUT2D eigenvalue weighted by Gasteiger charge is -2.37. The van der Waals surface area contributed by atoms with Gasteiger partial charge in [-0.2, -0.15) is 0 Å². The third-order valence-corrected chi connectivity index (χ3v) is 3.02. The Kier molecular flexibility index (Phi) is 3.37. The van der Waals surface area contributed by atoms with Crippen molar-refractivity contribution < 1.29 is 10.2 Å². The largest absolute Gasteiger partial charge is 0.385 e. The molecule has 0 aromatic rings. The van der Waals surface area contributed by atoms with Gasteiger partial charge in [-0.25, -0.2) is 0 Å². The van der Waals surface area contributed by atoms with Crippen molar-refractivity contribution >= 4 is 0 Å². The summed E-state index contributed by atoms with van der Waals surface area (Å²) in [7, 11) is 0. The zero-order valence-corrected chi connectivity index (χ0v) is 11.2. The van der Waals surface area contributed by atoms with Crippen molar-refractivity contribution in [3.8, 4) is 0 Å². The fraction of sp³-hybridized carbons (Fsp3) is 0.714. The monoisotopic (exact) mass is 224 g/mol. The Bertz CT molecular complexity index is 292. The average molecular weight is 224 g/mol. The van der Waals surface area contributed by atoms with E-state index in [-0.39, 0.29) is 10.8 Å². The van der Waals surface area contributed by atoms with E-state index in [1.54, 1.807) is 12.2 Å². The third kappa shape index (κ3) is 2.74. The Morgan fingerprint density at radius 1 is 0.812 bits per heavy atom. The first-order chi connectivity index (χ1) is 7.03. The second kappa shape index (κ2) is 4.01. The molecule has 0 aliphatic heterocycles. The highest BCUT2D eigenvalue weighted by atomic mass is 16.3. The van der Waals surface area contributed by atoms with E-state index in [4.69, 9.17) is 0 Å². The van der Waals surface area contributed by atoms with Crippen LogP contribution < -0.4 is 0 Å². The van der Waals surface area contributed by atoms with E-state index in [1.165, 1.54) is 0 Å². The van der Waals surface area contributed by atoms with Gasteiger partial charge in [0.1, 0.15) is 0 Å². The molecule has 0 heterocycles. The van der Waals surface area contributed by atoms with Crippen molar-refractivity contribution in [2.24, 2.45) is 10.8 Å². The molecule has 0 bridgehead atoms. The minimum absolute atomic E-state index is 0.120. The summed E-state index contributed by atoms with van der Waals surface area (Å²) >= 11 is 0.